The van der Waals surface area contributed by atoms with Gasteiger partial charge in [-0.2, -0.15) is 5.10 Å². The van der Waals surface area contributed by atoms with Crippen molar-refractivity contribution in [2.75, 3.05) is 25.3 Å². The number of esters is 1. The number of methoxy groups -OCH3 is 1. The van der Waals surface area contributed by atoms with Crippen molar-refractivity contribution in [1.82, 2.24) is 0 Å². The summed E-state index contributed by atoms with van der Waals surface area (Å²) in [7, 11) is 1.59. The van der Waals surface area contributed by atoms with Crippen molar-refractivity contribution < 1.29 is 19.1 Å². The number of anilines is 1. The summed E-state index contributed by atoms with van der Waals surface area (Å²) in [4.78, 5) is 24.0. The molecule has 0 aliphatic carbocycles. The summed E-state index contributed by atoms with van der Waals surface area (Å²) in [5, 5.41) is 5.95. The van der Waals surface area contributed by atoms with Crippen LogP contribution < -0.4 is 9.75 Å². The van der Waals surface area contributed by atoms with E-state index in [0.29, 0.717) is 13.2 Å². The maximum atomic E-state index is 12.2. The van der Waals surface area contributed by atoms with Crippen LogP contribution in [0.5, 0.6) is 5.75 Å². The van der Waals surface area contributed by atoms with Crippen molar-refractivity contribution in [2.24, 2.45) is 16.9 Å². The number of Topliss-reactive ketones (excluding diaryl/α,β-unsaturated/α-hetero) is 1. The van der Waals surface area contributed by atoms with E-state index in [1.165, 1.54) is 6.92 Å². The van der Waals surface area contributed by atoms with Crippen molar-refractivity contribution in [3.63, 3.8) is 0 Å². The fraction of sp³-hybridized carbons (Fsp3) is 0.471. The van der Waals surface area contributed by atoms with Crippen LogP contribution in [0.4, 0.5) is 5.69 Å². The zero-order valence-corrected chi connectivity index (χ0v) is 13.9. The molecule has 1 aliphatic heterocycles. The molecule has 0 N–H and O–H groups in total. The average Bonchev–Trinajstić information content (AvgIpc) is 2.98. The summed E-state index contributed by atoms with van der Waals surface area (Å²) >= 11 is 0. The zero-order chi connectivity index (χ0) is 17.0. The molecule has 6 nitrogen and oxygen atoms in total. The van der Waals surface area contributed by atoms with Gasteiger partial charge in [0.25, 0.3) is 0 Å². The maximum Gasteiger partial charge on any atom is 0.317 e. The summed E-state index contributed by atoms with van der Waals surface area (Å²) in [6.45, 7) is 5.98. The molecule has 6 heteroatoms. The molecule has 0 bridgehead atoms. The van der Waals surface area contributed by atoms with Gasteiger partial charge in [0, 0.05) is 6.92 Å². The van der Waals surface area contributed by atoms with Crippen LogP contribution in [0.1, 0.15) is 20.8 Å². The van der Waals surface area contributed by atoms with E-state index in [-0.39, 0.29) is 17.4 Å². The fourth-order valence-corrected chi connectivity index (χ4v) is 2.27. The average molecular weight is 318 g/mol. The van der Waals surface area contributed by atoms with Crippen LogP contribution in [0, 0.1) is 11.8 Å². The summed E-state index contributed by atoms with van der Waals surface area (Å²) in [6.07, 6.45) is 0. The molecule has 23 heavy (non-hydrogen) atoms. The van der Waals surface area contributed by atoms with Crippen molar-refractivity contribution in [2.45, 2.75) is 20.8 Å². The first kappa shape index (κ1) is 17.0. The summed E-state index contributed by atoms with van der Waals surface area (Å²) in [5.41, 5.74) is 1.04. The Bertz CT molecular complexity index is 608. The monoisotopic (exact) mass is 318 g/mol. The SMILES string of the molecule is COc1ccc(N2C[C@@H](C(=O)OCC(C)C)C(C(C)=O)=N2)cc1. The number of ether oxygens (including phenoxy) is 2. The van der Waals surface area contributed by atoms with Gasteiger partial charge in [0.2, 0.25) is 0 Å². The van der Waals surface area contributed by atoms with Gasteiger partial charge >= 0.3 is 5.97 Å². The second kappa shape index (κ2) is 7.26. The van der Waals surface area contributed by atoms with Gasteiger partial charge in [-0.1, -0.05) is 13.8 Å². The summed E-state index contributed by atoms with van der Waals surface area (Å²) in [5.74, 6) is -0.281. The Morgan fingerprint density at radius 3 is 2.48 bits per heavy atom. The topological polar surface area (TPSA) is 68.2 Å². The van der Waals surface area contributed by atoms with Crippen LogP contribution in [0.15, 0.2) is 29.4 Å². The Balaban J connectivity index is 2.15. The van der Waals surface area contributed by atoms with Gasteiger partial charge in [0.05, 0.1) is 25.9 Å². The highest BCUT2D eigenvalue weighted by molar-refractivity contribution is 6.43. The standard InChI is InChI=1S/C17H22N2O4/c1-11(2)10-23-17(21)15-9-19(18-16(15)12(3)20)13-5-7-14(22-4)8-6-13/h5-8,11,15H,9-10H2,1-4H3/t15-/m1/s1. The van der Waals surface area contributed by atoms with Crippen LogP contribution in [0.25, 0.3) is 0 Å². The predicted molar refractivity (Wildman–Crippen MR) is 87.7 cm³/mol. The third-order valence-corrected chi connectivity index (χ3v) is 3.49. The molecule has 0 unspecified atom stereocenters. The third-order valence-electron chi connectivity index (χ3n) is 3.49. The Morgan fingerprint density at radius 2 is 1.96 bits per heavy atom. The van der Waals surface area contributed by atoms with Crippen LogP contribution in [0.3, 0.4) is 0 Å². The number of carbonyl (C=O) groups is 2. The second-order valence-corrected chi connectivity index (χ2v) is 5.90. The first-order chi connectivity index (χ1) is 10.9. The molecule has 0 spiro atoms. The van der Waals surface area contributed by atoms with E-state index in [4.69, 9.17) is 9.47 Å². The molecule has 0 radical (unpaired) electrons. The minimum Gasteiger partial charge on any atom is -0.497 e. The number of hydrogen-bond acceptors (Lipinski definition) is 6. The molecule has 1 atom stereocenters. The van der Waals surface area contributed by atoms with Crippen LogP contribution in [0.2, 0.25) is 0 Å². The molecule has 0 fully saturated rings. The number of ketones is 1. The first-order valence-electron chi connectivity index (χ1n) is 7.60. The normalized spacial score (nSPS) is 17.2. The molecule has 0 aromatic heterocycles. The highest BCUT2D eigenvalue weighted by Gasteiger charge is 2.36. The highest BCUT2D eigenvalue weighted by atomic mass is 16.5. The number of rotatable bonds is 6. The fourth-order valence-electron chi connectivity index (χ4n) is 2.27. The number of hydrogen-bond donors (Lipinski definition) is 0. The van der Waals surface area contributed by atoms with E-state index in [0.717, 1.165) is 11.4 Å². The maximum absolute atomic E-state index is 12.2. The van der Waals surface area contributed by atoms with E-state index in [2.05, 4.69) is 5.10 Å². The van der Waals surface area contributed by atoms with Crippen LogP contribution >= 0.6 is 0 Å². The van der Waals surface area contributed by atoms with E-state index in [1.54, 1.807) is 12.1 Å². The lowest BCUT2D eigenvalue weighted by Crippen LogP contribution is -2.32. The minimum absolute atomic E-state index is 0.215. The lowest BCUT2D eigenvalue weighted by atomic mass is 10.0. The Hall–Kier alpha value is -2.37. The van der Waals surface area contributed by atoms with Crippen molar-refractivity contribution in [1.29, 1.82) is 0 Å². The molecule has 1 aromatic carbocycles. The number of nitrogens with zero attached hydrogens (tertiary/aromatic N) is 2. The van der Waals surface area contributed by atoms with Gasteiger partial charge in [-0.3, -0.25) is 14.6 Å². The molecule has 124 valence electrons. The zero-order valence-electron chi connectivity index (χ0n) is 13.9. The minimum atomic E-state index is -0.645. The molecular weight excluding hydrogens is 296 g/mol. The van der Waals surface area contributed by atoms with Gasteiger partial charge in [-0.05, 0) is 30.2 Å². The van der Waals surface area contributed by atoms with Crippen LogP contribution in [-0.4, -0.2) is 37.7 Å². The Labute approximate surface area is 136 Å². The number of carbonyl (C=O) groups excluding carboxylic acids is 2. The quantitative estimate of drug-likeness (QED) is 0.753. The lowest BCUT2D eigenvalue weighted by molar-refractivity contribution is -0.147. The van der Waals surface area contributed by atoms with Gasteiger partial charge in [0.15, 0.2) is 5.78 Å². The molecule has 1 aromatic rings. The van der Waals surface area contributed by atoms with Crippen molar-refractivity contribution in [3.05, 3.63) is 24.3 Å². The molecule has 1 heterocycles. The second-order valence-electron chi connectivity index (χ2n) is 5.90. The van der Waals surface area contributed by atoms with Crippen molar-refractivity contribution >= 4 is 23.2 Å². The van der Waals surface area contributed by atoms with Gasteiger partial charge < -0.3 is 9.47 Å². The molecule has 0 amide bonds. The van der Waals surface area contributed by atoms with Gasteiger partial charge in [-0.25, -0.2) is 0 Å². The first-order valence-corrected chi connectivity index (χ1v) is 7.60. The smallest absolute Gasteiger partial charge is 0.317 e. The van der Waals surface area contributed by atoms with E-state index < -0.39 is 11.9 Å². The summed E-state index contributed by atoms with van der Waals surface area (Å²) in [6, 6.07) is 7.29. The van der Waals surface area contributed by atoms with Gasteiger partial charge in [0.1, 0.15) is 17.4 Å². The number of hydrazone groups is 1. The van der Waals surface area contributed by atoms with E-state index in [9.17, 15) is 9.59 Å². The molecule has 2 rings (SSSR count). The predicted octanol–water partition coefficient (Wildman–Crippen LogP) is 2.28. The summed E-state index contributed by atoms with van der Waals surface area (Å²) < 4.78 is 10.4. The molecular formula is C17H22N2O4. The van der Waals surface area contributed by atoms with Crippen molar-refractivity contribution in [3.8, 4) is 5.75 Å². The van der Waals surface area contributed by atoms with Crippen LogP contribution in [-0.2, 0) is 14.3 Å². The third kappa shape index (κ3) is 4.09. The van der Waals surface area contributed by atoms with E-state index >= 15 is 0 Å². The Kier molecular flexibility index (Phi) is 5.36. The molecule has 1 aliphatic rings. The highest BCUT2D eigenvalue weighted by Crippen LogP contribution is 2.25. The molecule has 0 saturated carbocycles. The van der Waals surface area contributed by atoms with Gasteiger partial charge in [-0.15, -0.1) is 0 Å². The molecule has 0 saturated heterocycles. The largest absolute Gasteiger partial charge is 0.497 e. The number of benzene rings is 1. The van der Waals surface area contributed by atoms with E-state index in [1.807, 2.05) is 38.1 Å². The lowest BCUT2D eigenvalue weighted by Gasteiger charge is -2.16. The Morgan fingerprint density at radius 1 is 1.30 bits per heavy atom.